The molecule has 0 aromatic heterocycles. The highest BCUT2D eigenvalue weighted by atomic mass is 16.5. The van der Waals surface area contributed by atoms with E-state index in [1.165, 1.54) is 6.42 Å². The molecular weight excluding hydrogens is 294 g/mol. The lowest BCUT2D eigenvalue weighted by molar-refractivity contribution is -0.0125. The molecule has 1 unspecified atom stereocenters. The third kappa shape index (κ3) is 2.13. The Hall–Kier alpha value is -1.75. The predicted molar refractivity (Wildman–Crippen MR) is 85.2 cm³/mol. The number of esters is 1. The number of fused-ring (bicyclic) bond motifs is 5. The number of benzene rings is 1. The van der Waals surface area contributed by atoms with Crippen LogP contribution in [0.1, 0.15) is 41.1 Å². The molecule has 2 heterocycles. The normalized spacial score (nSPS) is 32.6. The number of hydrogen-bond donors (Lipinski definition) is 0. The monoisotopic (exact) mass is 317 g/mol. The fourth-order valence-corrected chi connectivity index (χ4v) is 4.77. The van der Waals surface area contributed by atoms with Crippen LogP contribution in [0.2, 0.25) is 0 Å². The molecule has 0 radical (unpaired) electrons. The minimum atomic E-state index is -0.235. The molecule has 5 heteroatoms. The maximum Gasteiger partial charge on any atom is 0.338 e. The number of hydrogen-bond acceptors (Lipinski definition) is 5. The van der Waals surface area contributed by atoms with Gasteiger partial charge < -0.3 is 19.1 Å². The highest BCUT2D eigenvalue weighted by Crippen LogP contribution is 2.49. The fourth-order valence-electron chi connectivity index (χ4n) is 4.77. The Morgan fingerprint density at radius 1 is 1.13 bits per heavy atom. The minimum Gasteiger partial charge on any atom is -0.493 e. The second kappa shape index (κ2) is 5.41. The van der Waals surface area contributed by atoms with E-state index in [0.29, 0.717) is 29.0 Å². The topological polar surface area (TPSA) is 48.0 Å². The van der Waals surface area contributed by atoms with Crippen molar-refractivity contribution >= 4 is 5.97 Å². The summed E-state index contributed by atoms with van der Waals surface area (Å²) in [4.78, 5) is 14.9. The van der Waals surface area contributed by atoms with Crippen molar-refractivity contribution in [3.63, 3.8) is 0 Å². The van der Waals surface area contributed by atoms with Gasteiger partial charge in [-0.15, -0.1) is 0 Å². The Labute approximate surface area is 136 Å². The summed E-state index contributed by atoms with van der Waals surface area (Å²) in [5.74, 6) is 1.95. The van der Waals surface area contributed by atoms with E-state index in [2.05, 4.69) is 11.9 Å². The molecular formula is C18H23NO4. The minimum absolute atomic E-state index is 0.0186. The van der Waals surface area contributed by atoms with E-state index in [4.69, 9.17) is 14.2 Å². The molecule has 1 aromatic carbocycles. The molecule has 0 spiro atoms. The summed E-state index contributed by atoms with van der Waals surface area (Å²) in [7, 11) is 5.40. The number of likely N-dealkylation sites (tertiary alicyclic amines) is 1. The van der Waals surface area contributed by atoms with Crippen molar-refractivity contribution in [2.75, 3.05) is 27.8 Å². The molecule has 2 aliphatic heterocycles. The van der Waals surface area contributed by atoms with Crippen molar-refractivity contribution in [2.45, 2.75) is 37.3 Å². The summed E-state index contributed by atoms with van der Waals surface area (Å²) in [6.07, 6.45) is 3.32. The Bertz CT molecular complexity index is 644. The molecule has 0 N–H and O–H groups in total. The average Bonchev–Trinajstić information content (AvgIpc) is 2.95. The first kappa shape index (κ1) is 14.8. The zero-order valence-electron chi connectivity index (χ0n) is 13.9. The number of nitrogens with zero attached hydrogens (tertiary/aromatic N) is 1. The molecule has 4 atom stereocenters. The van der Waals surface area contributed by atoms with Crippen LogP contribution in [-0.2, 0) is 4.74 Å². The number of carbonyl (C=O) groups is 1. The van der Waals surface area contributed by atoms with E-state index in [1.54, 1.807) is 20.3 Å². The Kier molecular flexibility index (Phi) is 3.48. The van der Waals surface area contributed by atoms with Crippen molar-refractivity contribution in [2.24, 2.45) is 5.92 Å². The predicted octanol–water partition coefficient (Wildman–Crippen LogP) is 2.44. The van der Waals surface area contributed by atoms with E-state index < -0.39 is 0 Å². The van der Waals surface area contributed by atoms with Crippen LogP contribution in [0.3, 0.4) is 0 Å². The summed E-state index contributed by atoms with van der Waals surface area (Å²) in [5, 5.41) is 0. The van der Waals surface area contributed by atoms with Gasteiger partial charge in [-0.05, 0) is 56.5 Å². The second-order valence-electron chi connectivity index (χ2n) is 6.86. The van der Waals surface area contributed by atoms with Gasteiger partial charge in [-0.1, -0.05) is 0 Å². The zero-order valence-corrected chi connectivity index (χ0v) is 13.9. The summed E-state index contributed by atoms with van der Waals surface area (Å²) in [5.41, 5.74) is 1.69. The van der Waals surface area contributed by atoms with Crippen molar-refractivity contribution < 1.29 is 19.0 Å². The summed E-state index contributed by atoms with van der Waals surface area (Å²) in [6, 6.07) is 4.20. The lowest BCUT2D eigenvalue weighted by atomic mass is 9.70. The highest BCUT2D eigenvalue weighted by molar-refractivity contribution is 5.93. The van der Waals surface area contributed by atoms with Crippen LogP contribution < -0.4 is 9.47 Å². The van der Waals surface area contributed by atoms with Gasteiger partial charge in [0.1, 0.15) is 6.10 Å². The van der Waals surface area contributed by atoms with Gasteiger partial charge in [-0.2, -0.15) is 0 Å². The van der Waals surface area contributed by atoms with Gasteiger partial charge in [0.15, 0.2) is 11.5 Å². The lowest BCUT2D eigenvalue weighted by Gasteiger charge is -2.45. The molecule has 2 fully saturated rings. The molecule has 1 aromatic rings. The van der Waals surface area contributed by atoms with E-state index >= 15 is 0 Å². The summed E-state index contributed by atoms with van der Waals surface area (Å²) < 4.78 is 16.6. The second-order valence-corrected chi connectivity index (χ2v) is 6.86. The third-order valence-electron chi connectivity index (χ3n) is 5.83. The van der Waals surface area contributed by atoms with Crippen molar-refractivity contribution in [3.05, 3.63) is 23.3 Å². The molecule has 5 nitrogen and oxygen atoms in total. The SMILES string of the molecule is COc1cc2c(cc1OC)[C@H]1[C@H]3C(CC[C@H]1OC2=O)CCN3C. The summed E-state index contributed by atoms with van der Waals surface area (Å²) >= 11 is 0. The van der Waals surface area contributed by atoms with E-state index in [9.17, 15) is 4.79 Å². The van der Waals surface area contributed by atoms with Gasteiger partial charge in [0.25, 0.3) is 0 Å². The molecule has 124 valence electrons. The van der Waals surface area contributed by atoms with Gasteiger partial charge in [0, 0.05) is 12.0 Å². The van der Waals surface area contributed by atoms with Gasteiger partial charge in [-0.25, -0.2) is 4.79 Å². The Morgan fingerprint density at radius 2 is 1.87 bits per heavy atom. The van der Waals surface area contributed by atoms with Gasteiger partial charge in [0.2, 0.25) is 0 Å². The van der Waals surface area contributed by atoms with Gasteiger partial charge in [-0.3, -0.25) is 0 Å². The maximum absolute atomic E-state index is 12.4. The van der Waals surface area contributed by atoms with Gasteiger partial charge >= 0.3 is 5.97 Å². The molecule has 1 saturated carbocycles. The number of carbonyl (C=O) groups excluding carboxylic acids is 1. The van der Waals surface area contributed by atoms with Crippen molar-refractivity contribution in [1.82, 2.24) is 4.90 Å². The van der Waals surface area contributed by atoms with Crippen molar-refractivity contribution in [1.29, 1.82) is 0 Å². The molecule has 23 heavy (non-hydrogen) atoms. The highest BCUT2D eigenvalue weighted by Gasteiger charge is 2.50. The molecule has 3 aliphatic rings. The van der Waals surface area contributed by atoms with Crippen LogP contribution in [0.4, 0.5) is 0 Å². The van der Waals surface area contributed by atoms with Crippen LogP contribution in [0.5, 0.6) is 11.5 Å². The van der Waals surface area contributed by atoms with Crippen LogP contribution in [-0.4, -0.2) is 50.8 Å². The molecule has 1 saturated heterocycles. The largest absolute Gasteiger partial charge is 0.493 e. The number of ether oxygens (including phenoxy) is 3. The molecule has 0 amide bonds. The van der Waals surface area contributed by atoms with Crippen LogP contribution in [0.25, 0.3) is 0 Å². The zero-order chi connectivity index (χ0) is 16.1. The molecule has 0 bridgehead atoms. The number of likely N-dealkylation sites (N-methyl/N-ethyl adjacent to an activating group) is 1. The number of rotatable bonds is 2. The smallest absolute Gasteiger partial charge is 0.338 e. The Morgan fingerprint density at radius 3 is 2.61 bits per heavy atom. The molecule has 4 rings (SSSR count). The van der Waals surface area contributed by atoms with Gasteiger partial charge in [0.05, 0.1) is 19.8 Å². The average molecular weight is 317 g/mol. The van der Waals surface area contributed by atoms with E-state index in [1.807, 2.05) is 6.07 Å². The Balaban J connectivity index is 1.85. The standard InChI is InChI=1S/C18H23NO4/c1-19-7-6-10-4-5-13-16(17(10)19)11-8-14(21-2)15(22-3)9-12(11)18(20)23-13/h8-10,13,16-17H,4-7H2,1-3H3/t10?,13-,16-,17-/m1/s1. The van der Waals surface area contributed by atoms with Crippen LogP contribution >= 0.6 is 0 Å². The summed E-state index contributed by atoms with van der Waals surface area (Å²) in [6.45, 7) is 1.12. The van der Waals surface area contributed by atoms with E-state index in [0.717, 1.165) is 24.9 Å². The first-order chi connectivity index (χ1) is 11.1. The number of methoxy groups -OCH3 is 2. The lowest BCUT2D eigenvalue weighted by Crippen LogP contribution is -2.48. The maximum atomic E-state index is 12.4. The molecule has 1 aliphatic carbocycles. The van der Waals surface area contributed by atoms with Crippen LogP contribution in [0.15, 0.2) is 12.1 Å². The first-order valence-corrected chi connectivity index (χ1v) is 8.31. The fraction of sp³-hybridized carbons (Fsp3) is 0.611. The van der Waals surface area contributed by atoms with Crippen LogP contribution in [0, 0.1) is 5.92 Å². The van der Waals surface area contributed by atoms with Crippen molar-refractivity contribution in [3.8, 4) is 11.5 Å². The quantitative estimate of drug-likeness (QED) is 0.784. The first-order valence-electron chi connectivity index (χ1n) is 8.31. The van der Waals surface area contributed by atoms with E-state index in [-0.39, 0.29) is 18.0 Å². The third-order valence-corrected chi connectivity index (χ3v) is 5.83.